The summed E-state index contributed by atoms with van der Waals surface area (Å²) in [6.07, 6.45) is 2.97. The molecule has 1 amide bonds. The van der Waals surface area contributed by atoms with Gasteiger partial charge in [0.15, 0.2) is 0 Å². The highest BCUT2D eigenvalue weighted by Gasteiger charge is 2.12. The number of rotatable bonds is 1. The first-order valence-electron chi connectivity index (χ1n) is 3.73. The van der Waals surface area contributed by atoms with Crippen LogP contribution in [-0.4, -0.2) is 22.4 Å². The maximum atomic E-state index is 10.4. The monoisotopic (exact) mass is 150 g/mol. The van der Waals surface area contributed by atoms with Crippen molar-refractivity contribution in [1.29, 1.82) is 0 Å². The molecule has 1 aromatic rings. The minimum absolute atomic E-state index is 0.760. The molecule has 0 unspecified atom stereocenters. The number of aromatic nitrogens is 1. The van der Waals surface area contributed by atoms with Crippen molar-refractivity contribution in [2.24, 2.45) is 0 Å². The Morgan fingerprint density at radius 3 is 3.18 bits per heavy atom. The van der Waals surface area contributed by atoms with Crippen LogP contribution in [-0.2, 0) is 17.9 Å². The molecule has 1 aliphatic rings. The van der Waals surface area contributed by atoms with Crippen molar-refractivity contribution in [3.8, 4) is 0 Å². The first kappa shape index (κ1) is 6.46. The molecule has 0 saturated carbocycles. The van der Waals surface area contributed by atoms with E-state index in [0.717, 1.165) is 26.0 Å². The van der Waals surface area contributed by atoms with Crippen LogP contribution in [0.4, 0.5) is 0 Å². The molecule has 11 heavy (non-hydrogen) atoms. The molecule has 2 rings (SSSR count). The predicted molar refractivity (Wildman–Crippen MR) is 40.9 cm³/mol. The van der Waals surface area contributed by atoms with E-state index in [4.69, 9.17) is 0 Å². The molecule has 0 N–H and O–H groups in total. The lowest BCUT2D eigenvalue weighted by molar-refractivity contribution is -0.119. The third kappa shape index (κ3) is 1.02. The third-order valence-electron chi connectivity index (χ3n) is 2.07. The highest BCUT2D eigenvalue weighted by atomic mass is 16.1. The van der Waals surface area contributed by atoms with Crippen LogP contribution in [0.3, 0.4) is 0 Å². The SMILES string of the molecule is O=CN1CCn2cccc2C1. The van der Waals surface area contributed by atoms with E-state index in [2.05, 4.69) is 16.8 Å². The van der Waals surface area contributed by atoms with Gasteiger partial charge < -0.3 is 9.47 Å². The molecule has 3 nitrogen and oxygen atoms in total. The van der Waals surface area contributed by atoms with Crippen molar-refractivity contribution in [2.45, 2.75) is 13.1 Å². The summed E-state index contributed by atoms with van der Waals surface area (Å²) < 4.78 is 2.18. The number of amides is 1. The van der Waals surface area contributed by atoms with Crippen molar-refractivity contribution in [1.82, 2.24) is 9.47 Å². The van der Waals surface area contributed by atoms with Crippen molar-refractivity contribution in [3.05, 3.63) is 24.0 Å². The molecule has 0 radical (unpaired) electrons. The van der Waals surface area contributed by atoms with E-state index in [1.54, 1.807) is 4.90 Å². The Labute approximate surface area is 65.2 Å². The smallest absolute Gasteiger partial charge is 0.210 e. The predicted octanol–water partition coefficient (Wildman–Crippen LogP) is 0.460. The summed E-state index contributed by atoms with van der Waals surface area (Å²) in [5.74, 6) is 0. The zero-order valence-corrected chi connectivity index (χ0v) is 6.23. The lowest BCUT2D eigenvalue weighted by Crippen LogP contribution is -2.31. The highest BCUT2D eigenvalue weighted by molar-refractivity contribution is 5.47. The van der Waals surface area contributed by atoms with Gasteiger partial charge in [-0.2, -0.15) is 0 Å². The van der Waals surface area contributed by atoms with Crippen LogP contribution in [0.25, 0.3) is 0 Å². The highest BCUT2D eigenvalue weighted by Crippen LogP contribution is 2.10. The lowest BCUT2D eigenvalue weighted by atomic mass is 10.3. The number of hydrogen-bond acceptors (Lipinski definition) is 1. The third-order valence-corrected chi connectivity index (χ3v) is 2.07. The molecule has 1 aliphatic heterocycles. The summed E-state index contributed by atoms with van der Waals surface area (Å²) in [5, 5.41) is 0. The topological polar surface area (TPSA) is 25.2 Å². The van der Waals surface area contributed by atoms with Crippen LogP contribution < -0.4 is 0 Å². The first-order valence-corrected chi connectivity index (χ1v) is 3.73. The molecule has 0 atom stereocenters. The van der Waals surface area contributed by atoms with E-state index in [-0.39, 0.29) is 0 Å². The molecule has 58 valence electrons. The minimum atomic E-state index is 0.760. The molecule has 2 heterocycles. The molecular weight excluding hydrogens is 140 g/mol. The Morgan fingerprint density at radius 1 is 1.45 bits per heavy atom. The van der Waals surface area contributed by atoms with Crippen molar-refractivity contribution in [3.63, 3.8) is 0 Å². The average molecular weight is 150 g/mol. The van der Waals surface area contributed by atoms with Crippen LogP contribution in [0.15, 0.2) is 18.3 Å². The van der Waals surface area contributed by atoms with Gasteiger partial charge in [-0.1, -0.05) is 0 Å². The Kier molecular flexibility index (Phi) is 1.42. The summed E-state index contributed by atoms with van der Waals surface area (Å²) in [4.78, 5) is 12.2. The molecule has 0 spiro atoms. The number of nitrogens with zero attached hydrogens (tertiary/aromatic N) is 2. The zero-order chi connectivity index (χ0) is 7.68. The summed E-state index contributed by atoms with van der Waals surface area (Å²) in [7, 11) is 0. The van der Waals surface area contributed by atoms with E-state index in [1.165, 1.54) is 5.69 Å². The van der Waals surface area contributed by atoms with Crippen LogP contribution >= 0.6 is 0 Å². The van der Waals surface area contributed by atoms with E-state index < -0.39 is 0 Å². The molecule has 1 aromatic heterocycles. The minimum Gasteiger partial charge on any atom is -0.348 e. The van der Waals surface area contributed by atoms with Gasteiger partial charge in [-0.05, 0) is 12.1 Å². The van der Waals surface area contributed by atoms with Gasteiger partial charge in [0.05, 0.1) is 6.54 Å². The molecule has 3 heteroatoms. The van der Waals surface area contributed by atoms with Crippen molar-refractivity contribution >= 4 is 6.41 Å². The second-order valence-electron chi connectivity index (χ2n) is 2.77. The standard InChI is InChI=1S/C8H10N2O/c11-7-9-4-5-10-3-1-2-8(10)6-9/h1-3,7H,4-6H2. The number of carbonyl (C=O) groups is 1. The quantitative estimate of drug-likeness (QED) is 0.534. The van der Waals surface area contributed by atoms with Crippen molar-refractivity contribution < 1.29 is 4.79 Å². The normalized spacial score (nSPS) is 16.2. The largest absolute Gasteiger partial charge is 0.348 e. The van der Waals surface area contributed by atoms with Gasteiger partial charge in [0.1, 0.15) is 0 Å². The maximum absolute atomic E-state index is 10.4. The van der Waals surface area contributed by atoms with E-state index in [9.17, 15) is 4.79 Å². The molecule has 0 aliphatic carbocycles. The fraction of sp³-hybridized carbons (Fsp3) is 0.375. The first-order chi connectivity index (χ1) is 5.40. The number of hydrogen-bond donors (Lipinski definition) is 0. The van der Waals surface area contributed by atoms with Crippen molar-refractivity contribution in [2.75, 3.05) is 6.54 Å². The molecular formula is C8H10N2O. The Balaban J connectivity index is 2.24. The second-order valence-corrected chi connectivity index (χ2v) is 2.77. The van der Waals surface area contributed by atoms with Gasteiger partial charge in [-0.3, -0.25) is 4.79 Å². The Bertz CT molecular complexity index is 267. The van der Waals surface area contributed by atoms with E-state index in [1.807, 2.05) is 6.07 Å². The van der Waals surface area contributed by atoms with Gasteiger partial charge >= 0.3 is 0 Å². The van der Waals surface area contributed by atoms with Gasteiger partial charge in [-0.25, -0.2) is 0 Å². The number of carbonyl (C=O) groups excluding carboxylic acids is 1. The molecule has 0 fully saturated rings. The fourth-order valence-electron chi connectivity index (χ4n) is 1.42. The van der Waals surface area contributed by atoms with Crippen LogP contribution in [0.2, 0.25) is 0 Å². The zero-order valence-electron chi connectivity index (χ0n) is 6.23. The summed E-state index contributed by atoms with van der Waals surface area (Å²) in [5.41, 5.74) is 1.23. The van der Waals surface area contributed by atoms with E-state index >= 15 is 0 Å². The summed E-state index contributed by atoms with van der Waals surface area (Å²) >= 11 is 0. The lowest BCUT2D eigenvalue weighted by Gasteiger charge is -2.24. The number of fused-ring (bicyclic) bond motifs is 1. The fourth-order valence-corrected chi connectivity index (χ4v) is 1.42. The van der Waals surface area contributed by atoms with Gasteiger partial charge in [0, 0.05) is 25.0 Å². The average Bonchev–Trinajstić information content (AvgIpc) is 2.50. The van der Waals surface area contributed by atoms with E-state index in [0.29, 0.717) is 0 Å². The van der Waals surface area contributed by atoms with Gasteiger partial charge in [-0.15, -0.1) is 0 Å². The maximum Gasteiger partial charge on any atom is 0.210 e. The summed E-state index contributed by atoms with van der Waals surface area (Å²) in [6, 6.07) is 4.07. The Morgan fingerprint density at radius 2 is 2.36 bits per heavy atom. The molecule has 0 bridgehead atoms. The molecule has 0 aromatic carbocycles. The second kappa shape index (κ2) is 2.42. The summed E-state index contributed by atoms with van der Waals surface area (Å²) in [6.45, 7) is 2.53. The molecule has 0 saturated heterocycles. The van der Waals surface area contributed by atoms with Crippen LogP contribution in [0.5, 0.6) is 0 Å². The van der Waals surface area contributed by atoms with Gasteiger partial charge in [0.2, 0.25) is 6.41 Å². The van der Waals surface area contributed by atoms with Gasteiger partial charge in [0.25, 0.3) is 0 Å². The van der Waals surface area contributed by atoms with Crippen LogP contribution in [0.1, 0.15) is 5.69 Å². The Hall–Kier alpha value is -1.25. The van der Waals surface area contributed by atoms with Crippen LogP contribution in [0, 0.1) is 0 Å².